The first kappa shape index (κ1) is 14.0. The first-order chi connectivity index (χ1) is 10.3. The zero-order valence-electron chi connectivity index (χ0n) is 11.5. The molecule has 3 rings (SSSR count). The highest BCUT2D eigenvalue weighted by Gasteiger charge is 2.20. The van der Waals surface area contributed by atoms with Gasteiger partial charge in [-0.05, 0) is 40.7 Å². The smallest absolute Gasteiger partial charge is 0.248 e. The van der Waals surface area contributed by atoms with Gasteiger partial charge in [0.15, 0.2) is 0 Å². The molecule has 0 aliphatic rings. The van der Waals surface area contributed by atoms with Crippen LogP contribution >= 0.6 is 15.9 Å². The summed E-state index contributed by atoms with van der Waals surface area (Å²) in [6.07, 6.45) is 0. The number of aromatic nitrogens is 2. The van der Waals surface area contributed by atoms with Gasteiger partial charge in [0, 0.05) is 4.47 Å². The first-order valence-corrected chi connectivity index (χ1v) is 7.39. The molecule has 3 aromatic rings. The Kier molecular flexibility index (Phi) is 4.13. The number of halogens is 1. The molecule has 0 saturated heterocycles. The maximum atomic E-state index is 5.84. The van der Waals surface area contributed by atoms with Crippen LogP contribution in [0.25, 0.3) is 11.5 Å². The van der Waals surface area contributed by atoms with Gasteiger partial charge in [-0.1, -0.05) is 42.5 Å². The van der Waals surface area contributed by atoms with Crippen LogP contribution in [0.3, 0.4) is 0 Å². The van der Waals surface area contributed by atoms with E-state index in [2.05, 4.69) is 31.4 Å². The quantitative estimate of drug-likeness (QED) is 0.782. The van der Waals surface area contributed by atoms with Crippen molar-refractivity contribution in [2.45, 2.75) is 6.04 Å². The van der Waals surface area contributed by atoms with Gasteiger partial charge >= 0.3 is 0 Å². The fourth-order valence-corrected chi connectivity index (χ4v) is 2.63. The van der Waals surface area contributed by atoms with Gasteiger partial charge in [0.2, 0.25) is 11.8 Å². The van der Waals surface area contributed by atoms with Crippen LogP contribution < -0.4 is 5.32 Å². The van der Waals surface area contributed by atoms with Crippen LogP contribution in [-0.4, -0.2) is 17.2 Å². The first-order valence-electron chi connectivity index (χ1n) is 6.60. The largest absolute Gasteiger partial charge is 0.419 e. The topological polar surface area (TPSA) is 51.0 Å². The summed E-state index contributed by atoms with van der Waals surface area (Å²) in [5, 5.41) is 11.5. The average molecular weight is 344 g/mol. The Morgan fingerprint density at radius 1 is 1.00 bits per heavy atom. The third-order valence-corrected chi connectivity index (χ3v) is 3.90. The third kappa shape index (κ3) is 2.89. The van der Waals surface area contributed by atoms with E-state index in [-0.39, 0.29) is 6.04 Å². The normalized spacial score (nSPS) is 12.3. The minimum Gasteiger partial charge on any atom is -0.419 e. The number of benzene rings is 2. The summed E-state index contributed by atoms with van der Waals surface area (Å²) >= 11 is 3.50. The van der Waals surface area contributed by atoms with E-state index >= 15 is 0 Å². The number of nitrogens with zero attached hydrogens (tertiary/aromatic N) is 2. The van der Waals surface area contributed by atoms with Crippen molar-refractivity contribution >= 4 is 15.9 Å². The van der Waals surface area contributed by atoms with E-state index in [0.717, 1.165) is 15.6 Å². The lowest BCUT2D eigenvalue weighted by atomic mass is 10.1. The van der Waals surface area contributed by atoms with Crippen molar-refractivity contribution < 1.29 is 4.42 Å². The van der Waals surface area contributed by atoms with Crippen LogP contribution in [0, 0.1) is 0 Å². The van der Waals surface area contributed by atoms with Crippen molar-refractivity contribution in [1.29, 1.82) is 0 Å². The molecule has 1 atom stereocenters. The van der Waals surface area contributed by atoms with Gasteiger partial charge in [0.05, 0.1) is 5.56 Å². The van der Waals surface area contributed by atoms with Gasteiger partial charge in [0.25, 0.3) is 0 Å². The Morgan fingerprint density at radius 2 is 1.71 bits per heavy atom. The monoisotopic (exact) mass is 343 g/mol. The molecule has 0 radical (unpaired) electrons. The van der Waals surface area contributed by atoms with E-state index < -0.39 is 0 Å². The average Bonchev–Trinajstić information content (AvgIpc) is 2.99. The van der Waals surface area contributed by atoms with E-state index in [1.54, 1.807) is 0 Å². The van der Waals surface area contributed by atoms with Crippen LogP contribution in [0.5, 0.6) is 0 Å². The molecule has 1 N–H and O–H groups in total. The lowest BCUT2D eigenvalue weighted by molar-refractivity contribution is 0.456. The van der Waals surface area contributed by atoms with Crippen LogP contribution in [0.4, 0.5) is 0 Å². The summed E-state index contributed by atoms with van der Waals surface area (Å²) in [5.74, 6) is 1.06. The van der Waals surface area contributed by atoms with Crippen molar-refractivity contribution in [3.8, 4) is 11.5 Å². The molecule has 0 saturated carbocycles. The zero-order chi connectivity index (χ0) is 14.7. The molecule has 5 heteroatoms. The predicted molar refractivity (Wildman–Crippen MR) is 84.8 cm³/mol. The van der Waals surface area contributed by atoms with Gasteiger partial charge in [0.1, 0.15) is 6.04 Å². The molecular formula is C16H14BrN3O. The van der Waals surface area contributed by atoms with Crippen molar-refractivity contribution in [1.82, 2.24) is 15.5 Å². The summed E-state index contributed by atoms with van der Waals surface area (Å²) in [6.45, 7) is 0. The van der Waals surface area contributed by atoms with Crippen molar-refractivity contribution in [2.75, 3.05) is 7.05 Å². The number of rotatable bonds is 4. The molecule has 0 amide bonds. The fourth-order valence-electron chi connectivity index (χ4n) is 2.17. The highest BCUT2D eigenvalue weighted by molar-refractivity contribution is 9.10. The molecule has 0 aliphatic carbocycles. The lowest BCUT2D eigenvalue weighted by Crippen LogP contribution is -2.17. The number of hydrogen-bond acceptors (Lipinski definition) is 4. The molecule has 106 valence electrons. The Morgan fingerprint density at radius 3 is 2.43 bits per heavy atom. The fraction of sp³-hybridized carbons (Fsp3) is 0.125. The van der Waals surface area contributed by atoms with E-state index in [1.807, 2.05) is 61.6 Å². The maximum Gasteiger partial charge on any atom is 0.248 e. The Bertz CT molecular complexity index is 727. The second-order valence-electron chi connectivity index (χ2n) is 4.56. The molecule has 4 nitrogen and oxygen atoms in total. The van der Waals surface area contributed by atoms with Crippen LogP contribution in [0.15, 0.2) is 63.5 Å². The third-order valence-electron chi connectivity index (χ3n) is 3.21. The SMILES string of the molecule is CNC(c1ccccc1)c1nnc(-c2ccccc2Br)o1. The highest BCUT2D eigenvalue weighted by atomic mass is 79.9. The lowest BCUT2D eigenvalue weighted by Gasteiger charge is -2.11. The molecule has 1 aromatic heterocycles. The minimum absolute atomic E-state index is 0.116. The standard InChI is InChI=1S/C16H14BrN3O/c1-18-14(11-7-3-2-4-8-11)16-20-19-15(21-16)12-9-5-6-10-13(12)17/h2-10,14,18H,1H3. The van der Waals surface area contributed by atoms with Gasteiger partial charge in [-0.25, -0.2) is 0 Å². The van der Waals surface area contributed by atoms with Crippen molar-refractivity contribution in [3.63, 3.8) is 0 Å². The van der Waals surface area contributed by atoms with Crippen LogP contribution in [0.1, 0.15) is 17.5 Å². The van der Waals surface area contributed by atoms with Crippen LogP contribution in [0.2, 0.25) is 0 Å². The summed E-state index contributed by atoms with van der Waals surface area (Å²) in [7, 11) is 1.87. The summed E-state index contributed by atoms with van der Waals surface area (Å²) in [6, 6.07) is 17.7. The molecule has 1 heterocycles. The van der Waals surface area contributed by atoms with Gasteiger partial charge in [-0.3, -0.25) is 0 Å². The number of hydrogen-bond donors (Lipinski definition) is 1. The van der Waals surface area contributed by atoms with Crippen molar-refractivity contribution in [3.05, 3.63) is 70.5 Å². The minimum atomic E-state index is -0.116. The van der Waals surface area contributed by atoms with Gasteiger partial charge in [-0.2, -0.15) is 0 Å². The van der Waals surface area contributed by atoms with Crippen molar-refractivity contribution in [2.24, 2.45) is 0 Å². The Balaban J connectivity index is 1.96. The maximum absolute atomic E-state index is 5.84. The van der Waals surface area contributed by atoms with E-state index in [0.29, 0.717) is 11.8 Å². The molecule has 0 spiro atoms. The summed E-state index contributed by atoms with van der Waals surface area (Å²) < 4.78 is 6.77. The van der Waals surface area contributed by atoms with E-state index in [4.69, 9.17) is 4.42 Å². The molecular weight excluding hydrogens is 330 g/mol. The second kappa shape index (κ2) is 6.20. The van der Waals surface area contributed by atoms with Gasteiger partial charge in [-0.15, -0.1) is 10.2 Å². The molecule has 21 heavy (non-hydrogen) atoms. The Hall–Kier alpha value is -1.98. The molecule has 0 fully saturated rings. The molecule has 1 unspecified atom stereocenters. The van der Waals surface area contributed by atoms with Crippen LogP contribution in [-0.2, 0) is 0 Å². The molecule has 2 aromatic carbocycles. The van der Waals surface area contributed by atoms with E-state index in [1.165, 1.54) is 0 Å². The predicted octanol–water partition coefficient (Wildman–Crippen LogP) is 3.81. The number of nitrogens with one attached hydrogen (secondary N) is 1. The van der Waals surface area contributed by atoms with Gasteiger partial charge < -0.3 is 9.73 Å². The zero-order valence-corrected chi connectivity index (χ0v) is 13.0. The molecule has 0 aliphatic heterocycles. The summed E-state index contributed by atoms with van der Waals surface area (Å²) in [4.78, 5) is 0. The Labute approximate surface area is 131 Å². The molecule has 0 bridgehead atoms. The summed E-state index contributed by atoms with van der Waals surface area (Å²) in [5.41, 5.74) is 1.97. The highest BCUT2D eigenvalue weighted by Crippen LogP contribution is 2.29. The second-order valence-corrected chi connectivity index (χ2v) is 5.41. The van der Waals surface area contributed by atoms with E-state index in [9.17, 15) is 0 Å².